The summed E-state index contributed by atoms with van der Waals surface area (Å²) in [5.74, 6) is -0.340. The third kappa shape index (κ3) is 3.46. The van der Waals surface area contributed by atoms with E-state index >= 15 is 0 Å². The van der Waals surface area contributed by atoms with E-state index in [1.165, 1.54) is 19.4 Å². The first-order valence-corrected chi connectivity index (χ1v) is 7.09. The minimum absolute atomic E-state index is 0.0547. The summed E-state index contributed by atoms with van der Waals surface area (Å²) in [6, 6.07) is 4.92. The first kappa shape index (κ1) is 15.6. The molecule has 0 fully saturated rings. The van der Waals surface area contributed by atoms with Gasteiger partial charge >= 0.3 is 5.97 Å². The van der Waals surface area contributed by atoms with E-state index in [1.54, 1.807) is 12.1 Å². The summed E-state index contributed by atoms with van der Waals surface area (Å²) in [6.45, 7) is 1.85. The van der Waals surface area contributed by atoms with Crippen molar-refractivity contribution in [2.75, 3.05) is 12.4 Å². The third-order valence-electron chi connectivity index (χ3n) is 2.82. The second-order valence-electron chi connectivity index (χ2n) is 4.28. The van der Waals surface area contributed by atoms with E-state index in [1.807, 2.05) is 6.92 Å². The van der Waals surface area contributed by atoms with E-state index < -0.39 is 5.97 Å². The first-order valence-electron chi connectivity index (χ1n) is 5.92. The van der Waals surface area contributed by atoms with Crippen LogP contribution in [0.4, 0.5) is 11.5 Å². The van der Waals surface area contributed by atoms with Gasteiger partial charge in [-0.05, 0) is 40.5 Å². The molecule has 1 aromatic carbocycles. The van der Waals surface area contributed by atoms with E-state index in [0.29, 0.717) is 20.9 Å². The zero-order chi connectivity index (χ0) is 15.6. The molecule has 110 valence electrons. The van der Waals surface area contributed by atoms with Crippen molar-refractivity contribution in [2.24, 2.45) is 0 Å². The molecule has 0 spiro atoms. The predicted octanol–water partition coefficient (Wildman–Crippen LogP) is 4.26. The SMILES string of the molecule is COc1cc(Cl)c(C)cc1Nc1ncc(Br)cc1C(=O)O. The molecule has 21 heavy (non-hydrogen) atoms. The van der Waals surface area contributed by atoms with Gasteiger partial charge in [-0.2, -0.15) is 0 Å². The molecular weight excluding hydrogens is 360 g/mol. The van der Waals surface area contributed by atoms with Gasteiger partial charge in [0, 0.05) is 21.8 Å². The van der Waals surface area contributed by atoms with Crippen LogP contribution in [-0.4, -0.2) is 23.2 Å². The van der Waals surface area contributed by atoms with Gasteiger partial charge in [-0.15, -0.1) is 0 Å². The lowest BCUT2D eigenvalue weighted by atomic mass is 10.2. The maximum absolute atomic E-state index is 11.3. The molecule has 0 aliphatic heterocycles. The molecule has 0 aliphatic rings. The summed E-state index contributed by atoms with van der Waals surface area (Å²) >= 11 is 9.25. The summed E-state index contributed by atoms with van der Waals surface area (Å²) in [4.78, 5) is 15.4. The van der Waals surface area contributed by atoms with Crippen LogP contribution in [0.1, 0.15) is 15.9 Å². The zero-order valence-electron chi connectivity index (χ0n) is 11.3. The van der Waals surface area contributed by atoms with Crippen LogP contribution in [0, 0.1) is 6.92 Å². The molecule has 1 heterocycles. The number of aryl methyl sites for hydroxylation is 1. The highest BCUT2D eigenvalue weighted by Gasteiger charge is 2.15. The third-order valence-corrected chi connectivity index (χ3v) is 3.66. The number of rotatable bonds is 4. The fourth-order valence-electron chi connectivity index (χ4n) is 1.76. The zero-order valence-corrected chi connectivity index (χ0v) is 13.6. The number of halogens is 2. The molecule has 5 nitrogen and oxygen atoms in total. The standard InChI is InChI=1S/C14H12BrClN2O3/c1-7-3-11(12(21-2)5-10(7)16)18-13-9(14(19)20)4-8(15)6-17-13/h3-6H,1-2H3,(H,17,18)(H,19,20). The molecule has 0 bridgehead atoms. The van der Waals surface area contributed by atoms with Crippen molar-refractivity contribution in [1.29, 1.82) is 0 Å². The molecule has 0 amide bonds. The van der Waals surface area contributed by atoms with Crippen molar-refractivity contribution < 1.29 is 14.6 Å². The van der Waals surface area contributed by atoms with Gasteiger partial charge in [-0.25, -0.2) is 9.78 Å². The Balaban J connectivity index is 2.47. The Labute approximate surface area is 135 Å². The number of nitrogens with zero attached hydrogens (tertiary/aromatic N) is 1. The lowest BCUT2D eigenvalue weighted by Gasteiger charge is -2.14. The molecule has 0 saturated heterocycles. The Morgan fingerprint density at radius 1 is 1.43 bits per heavy atom. The summed E-state index contributed by atoms with van der Waals surface area (Å²) in [6.07, 6.45) is 1.52. The van der Waals surface area contributed by atoms with Crippen LogP contribution >= 0.6 is 27.5 Å². The highest BCUT2D eigenvalue weighted by molar-refractivity contribution is 9.10. The monoisotopic (exact) mass is 370 g/mol. The fourth-order valence-corrected chi connectivity index (χ4v) is 2.24. The number of hydrogen-bond donors (Lipinski definition) is 2. The topological polar surface area (TPSA) is 71.5 Å². The van der Waals surface area contributed by atoms with Crippen LogP contribution in [0.3, 0.4) is 0 Å². The molecule has 0 saturated carbocycles. The number of ether oxygens (including phenoxy) is 1. The van der Waals surface area contributed by atoms with Crippen LogP contribution in [0.2, 0.25) is 5.02 Å². The summed E-state index contributed by atoms with van der Waals surface area (Å²) in [5.41, 5.74) is 1.49. The average Bonchev–Trinajstić information content (AvgIpc) is 2.44. The van der Waals surface area contributed by atoms with Crippen LogP contribution in [-0.2, 0) is 0 Å². The number of hydrogen-bond acceptors (Lipinski definition) is 4. The van der Waals surface area contributed by atoms with Crippen LogP contribution < -0.4 is 10.1 Å². The minimum atomic E-state index is -1.07. The van der Waals surface area contributed by atoms with Crippen molar-refractivity contribution in [1.82, 2.24) is 4.98 Å². The van der Waals surface area contributed by atoms with Crippen LogP contribution in [0.5, 0.6) is 5.75 Å². The Morgan fingerprint density at radius 2 is 2.14 bits per heavy atom. The van der Waals surface area contributed by atoms with Gasteiger partial charge in [-0.1, -0.05) is 11.6 Å². The lowest BCUT2D eigenvalue weighted by molar-refractivity contribution is 0.0697. The maximum Gasteiger partial charge on any atom is 0.339 e. The van der Waals surface area contributed by atoms with Crippen molar-refractivity contribution in [3.63, 3.8) is 0 Å². The van der Waals surface area contributed by atoms with Crippen LogP contribution in [0.25, 0.3) is 0 Å². The molecule has 0 radical (unpaired) electrons. The average molecular weight is 372 g/mol. The number of carboxylic acid groups (broad SMARTS) is 1. The quantitative estimate of drug-likeness (QED) is 0.840. The van der Waals surface area contributed by atoms with Gasteiger partial charge in [0.25, 0.3) is 0 Å². The maximum atomic E-state index is 11.3. The van der Waals surface area contributed by atoms with Crippen molar-refractivity contribution in [3.05, 3.63) is 45.0 Å². The van der Waals surface area contributed by atoms with Crippen LogP contribution in [0.15, 0.2) is 28.9 Å². The van der Waals surface area contributed by atoms with E-state index in [2.05, 4.69) is 26.2 Å². The predicted molar refractivity (Wildman–Crippen MR) is 84.9 cm³/mol. The van der Waals surface area contributed by atoms with Gasteiger partial charge in [0.05, 0.1) is 12.8 Å². The van der Waals surface area contributed by atoms with E-state index in [4.69, 9.17) is 16.3 Å². The molecule has 0 aliphatic carbocycles. The Hall–Kier alpha value is -1.79. The number of carbonyl (C=O) groups is 1. The van der Waals surface area contributed by atoms with Crippen molar-refractivity contribution in [3.8, 4) is 5.75 Å². The summed E-state index contributed by atoms with van der Waals surface area (Å²) in [5, 5.41) is 12.8. The molecule has 0 unspecified atom stereocenters. The minimum Gasteiger partial charge on any atom is -0.495 e. The van der Waals surface area contributed by atoms with Gasteiger partial charge in [0.2, 0.25) is 0 Å². The molecular formula is C14H12BrClN2O3. The molecule has 2 rings (SSSR count). The summed E-state index contributed by atoms with van der Waals surface area (Å²) in [7, 11) is 1.51. The highest BCUT2D eigenvalue weighted by Crippen LogP contribution is 2.33. The molecule has 2 aromatic rings. The number of benzene rings is 1. The van der Waals surface area contributed by atoms with Crippen molar-refractivity contribution >= 4 is 45.0 Å². The number of aromatic nitrogens is 1. The fraction of sp³-hybridized carbons (Fsp3) is 0.143. The van der Waals surface area contributed by atoms with Gasteiger partial charge < -0.3 is 15.2 Å². The second kappa shape index (κ2) is 6.32. The molecule has 2 N–H and O–H groups in total. The largest absolute Gasteiger partial charge is 0.495 e. The Kier molecular flexibility index (Phi) is 4.69. The molecule has 1 aromatic heterocycles. The summed E-state index contributed by atoms with van der Waals surface area (Å²) < 4.78 is 5.83. The normalized spacial score (nSPS) is 10.3. The lowest BCUT2D eigenvalue weighted by Crippen LogP contribution is -2.06. The van der Waals surface area contributed by atoms with E-state index in [0.717, 1.165) is 5.56 Å². The molecule has 0 atom stereocenters. The van der Waals surface area contributed by atoms with Gasteiger partial charge in [-0.3, -0.25) is 0 Å². The van der Waals surface area contributed by atoms with E-state index in [9.17, 15) is 9.90 Å². The van der Waals surface area contributed by atoms with Crippen molar-refractivity contribution in [2.45, 2.75) is 6.92 Å². The second-order valence-corrected chi connectivity index (χ2v) is 5.60. The number of methoxy groups -OCH3 is 1. The number of nitrogens with one attached hydrogen (secondary N) is 1. The number of pyridine rings is 1. The Morgan fingerprint density at radius 3 is 2.76 bits per heavy atom. The first-order chi connectivity index (χ1) is 9.92. The number of anilines is 2. The highest BCUT2D eigenvalue weighted by atomic mass is 79.9. The number of aromatic carboxylic acids is 1. The van der Waals surface area contributed by atoms with Gasteiger partial charge in [0.1, 0.15) is 17.1 Å². The van der Waals surface area contributed by atoms with E-state index in [-0.39, 0.29) is 11.4 Å². The molecule has 7 heteroatoms. The Bertz CT molecular complexity index is 707. The number of carboxylic acids is 1. The van der Waals surface area contributed by atoms with Gasteiger partial charge in [0.15, 0.2) is 0 Å². The smallest absolute Gasteiger partial charge is 0.339 e.